The van der Waals surface area contributed by atoms with E-state index >= 15 is 0 Å². The molecule has 0 aromatic heterocycles. The lowest BCUT2D eigenvalue weighted by Gasteiger charge is -2.23. The highest BCUT2D eigenvalue weighted by atomic mass is 35.5. The Kier molecular flexibility index (Phi) is 6.59. The van der Waals surface area contributed by atoms with Crippen LogP contribution in [0.4, 0.5) is 5.69 Å². The third-order valence-electron chi connectivity index (χ3n) is 3.43. The van der Waals surface area contributed by atoms with Crippen LogP contribution in [0, 0.1) is 0 Å². The van der Waals surface area contributed by atoms with Crippen LogP contribution in [-0.2, 0) is 0 Å². The average Bonchev–Trinajstić information content (AvgIpc) is 2.42. The first-order valence-corrected chi connectivity index (χ1v) is 7.35. The predicted octanol–water partition coefficient (Wildman–Crippen LogP) is 3.04. The number of hydrogen-bond acceptors (Lipinski definition) is 3. The summed E-state index contributed by atoms with van der Waals surface area (Å²) in [7, 11) is 2.04. The fourth-order valence-corrected chi connectivity index (χ4v) is 2.18. The van der Waals surface area contributed by atoms with Crippen molar-refractivity contribution < 1.29 is 4.79 Å². The van der Waals surface area contributed by atoms with Crippen LogP contribution in [0.1, 0.15) is 30.6 Å². The quantitative estimate of drug-likeness (QED) is 0.793. The molecule has 0 fully saturated rings. The lowest BCUT2D eigenvalue weighted by molar-refractivity contribution is 0.0947. The van der Waals surface area contributed by atoms with E-state index in [0.29, 0.717) is 33.9 Å². The van der Waals surface area contributed by atoms with Crippen molar-refractivity contribution in [1.82, 2.24) is 10.2 Å². The molecule has 1 rings (SSSR count). The molecule has 0 saturated heterocycles. The van der Waals surface area contributed by atoms with Crippen molar-refractivity contribution in [1.29, 1.82) is 0 Å². The van der Waals surface area contributed by atoms with Crippen LogP contribution in [-0.4, -0.2) is 37.0 Å². The predicted molar refractivity (Wildman–Crippen MR) is 85.6 cm³/mol. The maximum atomic E-state index is 12.0. The Morgan fingerprint density at radius 3 is 2.45 bits per heavy atom. The maximum Gasteiger partial charge on any atom is 0.251 e. The minimum atomic E-state index is -0.202. The van der Waals surface area contributed by atoms with E-state index in [2.05, 4.69) is 24.1 Å². The molecule has 0 aliphatic carbocycles. The number of anilines is 1. The number of nitrogen functional groups attached to an aromatic ring is 1. The molecule has 1 aromatic rings. The summed E-state index contributed by atoms with van der Waals surface area (Å²) in [5, 5.41) is 3.43. The summed E-state index contributed by atoms with van der Waals surface area (Å²) in [5.41, 5.74) is 6.35. The monoisotopic (exact) mass is 317 g/mol. The third kappa shape index (κ3) is 4.54. The number of nitrogens with two attached hydrogens (primary N) is 1. The molecule has 0 aliphatic rings. The van der Waals surface area contributed by atoms with Gasteiger partial charge in [-0.2, -0.15) is 0 Å². The summed E-state index contributed by atoms with van der Waals surface area (Å²) in [6.45, 7) is 5.65. The van der Waals surface area contributed by atoms with Crippen LogP contribution in [0.2, 0.25) is 10.0 Å². The largest absolute Gasteiger partial charge is 0.396 e. The lowest BCUT2D eigenvalue weighted by atomic mass is 10.2. The minimum Gasteiger partial charge on any atom is -0.396 e. The summed E-state index contributed by atoms with van der Waals surface area (Å²) in [6, 6.07) is 3.54. The van der Waals surface area contributed by atoms with Crippen molar-refractivity contribution >= 4 is 34.8 Å². The van der Waals surface area contributed by atoms with Crippen molar-refractivity contribution in [2.45, 2.75) is 26.3 Å². The number of carbonyl (C=O) groups is 1. The zero-order chi connectivity index (χ0) is 15.3. The zero-order valence-corrected chi connectivity index (χ0v) is 13.6. The number of hydrogen-bond donors (Lipinski definition) is 2. The average molecular weight is 318 g/mol. The molecule has 20 heavy (non-hydrogen) atoms. The smallest absolute Gasteiger partial charge is 0.251 e. The van der Waals surface area contributed by atoms with Gasteiger partial charge in [-0.05, 0) is 32.5 Å². The molecule has 112 valence electrons. The highest BCUT2D eigenvalue weighted by Gasteiger charge is 2.12. The number of benzene rings is 1. The van der Waals surface area contributed by atoms with Gasteiger partial charge in [-0.15, -0.1) is 0 Å². The Hall–Kier alpha value is -0.970. The Morgan fingerprint density at radius 1 is 1.40 bits per heavy atom. The first-order chi connectivity index (χ1) is 9.36. The molecule has 0 radical (unpaired) electrons. The van der Waals surface area contributed by atoms with Crippen molar-refractivity contribution in [3.8, 4) is 0 Å². The SMILES string of the molecule is CCC(C)N(C)CCNC(=O)c1cc(Cl)c(N)c(Cl)c1. The van der Waals surface area contributed by atoms with Crippen LogP contribution < -0.4 is 11.1 Å². The molecule has 1 unspecified atom stereocenters. The van der Waals surface area contributed by atoms with Crippen molar-refractivity contribution in [3.05, 3.63) is 27.7 Å². The number of carbonyl (C=O) groups excluding carboxylic acids is 1. The van der Waals surface area contributed by atoms with E-state index in [9.17, 15) is 4.79 Å². The van der Waals surface area contributed by atoms with Gasteiger partial charge < -0.3 is 16.0 Å². The Bertz CT molecular complexity index is 456. The van der Waals surface area contributed by atoms with Gasteiger partial charge in [0.25, 0.3) is 5.91 Å². The lowest BCUT2D eigenvalue weighted by Crippen LogP contribution is -2.37. The summed E-state index contributed by atoms with van der Waals surface area (Å²) >= 11 is 11.8. The van der Waals surface area contributed by atoms with Crippen LogP contribution in [0.15, 0.2) is 12.1 Å². The highest BCUT2D eigenvalue weighted by Crippen LogP contribution is 2.28. The molecule has 4 nitrogen and oxygen atoms in total. The number of halogens is 2. The summed E-state index contributed by atoms with van der Waals surface area (Å²) in [5.74, 6) is -0.202. The second-order valence-corrected chi connectivity index (χ2v) is 5.66. The van der Waals surface area contributed by atoms with Gasteiger partial charge in [0.1, 0.15) is 0 Å². The van der Waals surface area contributed by atoms with Gasteiger partial charge in [0.05, 0.1) is 15.7 Å². The number of rotatable bonds is 6. The molecule has 6 heteroatoms. The molecule has 0 saturated carbocycles. The molecular weight excluding hydrogens is 297 g/mol. The van der Waals surface area contributed by atoms with E-state index in [1.54, 1.807) is 0 Å². The Balaban J connectivity index is 2.56. The molecule has 0 bridgehead atoms. The van der Waals surface area contributed by atoms with Gasteiger partial charge in [0.2, 0.25) is 0 Å². The Labute approximate surface area is 130 Å². The van der Waals surface area contributed by atoms with E-state index in [-0.39, 0.29) is 5.91 Å². The molecule has 0 aliphatic heterocycles. The first-order valence-electron chi connectivity index (χ1n) is 6.59. The van der Waals surface area contributed by atoms with Gasteiger partial charge in [-0.1, -0.05) is 30.1 Å². The second-order valence-electron chi connectivity index (χ2n) is 4.85. The van der Waals surface area contributed by atoms with Gasteiger partial charge in [-0.25, -0.2) is 0 Å². The van der Waals surface area contributed by atoms with Crippen molar-refractivity contribution in [2.24, 2.45) is 0 Å². The number of nitrogens with one attached hydrogen (secondary N) is 1. The standard InChI is InChI=1S/C14H21Cl2N3O/c1-4-9(2)19(3)6-5-18-14(20)10-7-11(15)13(17)12(16)8-10/h7-9H,4-6,17H2,1-3H3,(H,18,20). The van der Waals surface area contributed by atoms with Gasteiger partial charge in [-0.3, -0.25) is 4.79 Å². The fourth-order valence-electron chi connectivity index (χ4n) is 1.70. The normalized spacial score (nSPS) is 12.5. The molecule has 0 heterocycles. The van der Waals surface area contributed by atoms with Gasteiger partial charge in [0, 0.05) is 24.7 Å². The van der Waals surface area contributed by atoms with Crippen LogP contribution in [0.3, 0.4) is 0 Å². The minimum absolute atomic E-state index is 0.202. The number of amides is 1. The third-order valence-corrected chi connectivity index (χ3v) is 4.06. The van der Waals surface area contributed by atoms with Crippen molar-refractivity contribution in [3.63, 3.8) is 0 Å². The van der Waals surface area contributed by atoms with Crippen molar-refractivity contribution in [2.75, 3.05) is 25.9 Å². The molecular formula is C14H21Cl2N3O. The second kappa shape index (κ2) is 7.72. The zero-order valence-electron chi connectivity index (χ0n) is 12.0. The van der Waals surface area contributed by atoms with E-state index in [4.69, 9.17) is 28.9 Å². The van der Waals surface area contributed by atoms with Gasteiger partial charge >= 0.3 is 0 Å². The van der Waals surface area contributed by atoms with E-state index in [1.165, 1.54) is 12.1 Å². The van der Waals surface area contributed by atoms with Gasteiger partial charge in [0.15, 0.2) is 0 Å². The van der Waals surface area contributed by atoms with Crippen LogP contribution in [0.25, 0.3) is 0 Å². The topological polar surface area (TPSA) is 58.4 Å². The summed E-state index contributed by atoms with van der Waals surface area (Å²) < 4.78 is 0. The fraction of sp³-hybridized carbons (Fsp3) is 0.500. The maximum absolute atomic E-state index is 12.0. The number of likely N-dealkylation sites (N-methyl/N-ethyl adjacent to an activating group) is 1. The highest BCUT2D eigenvalue weighted by molar-refractivity contribution is 6.39. The molecule has 3 N–H and O–H groups in total. The molecule has 0 spiro atoms. The van der Waals surface area contributed by atoms with Crippen LogP contribution in [0.5, 0.6) is 0 Å². The van der Waals surface area contributed by atoms with E-state index in [0.717, 1.165) is 13.0 Å². The van der Waals surface area contributed by atoms with E-state index < -0.39 is 0 Å². The van der Waals surface area contributed by atoms with E-state index in [1.807, 2.05) is 7.05 Å². The van der Waals surface area contributed by atoms with Crippen LogP contribution >= 0.6 is 23.2 Å². The Morgan fingerprint density at radius 2 is 1.95 bits per heavy atom. The first kappa shape index (κ1) is 17.1. The summed E-state index contributed by atoms with van der Waals surface area (Å²) in [4.78, 5) is 14.2. The number of nitrogens with zero attached hydrogens (tertiary/aromatic N) is 1. The summed E-state index contributed by atoms with van der Waals surface area (Å²) in [6.07, 6.45) is 1.08. The molecule has 1 amide bonds. The molecule has 1 atom stereocenters. The molecule has 1 aromatic carbocycles.